The van der Waals surface area contributed by atoms with Crippen molar-refractivity contribution in [2.75, 3.05) is 11.9 Å². The monoisotopic (exact) mass is 289 g/mol. The van der Waals surface area contributed by atoms with Crippen molar-refractivity contribution in [3.05, 3.63) is 29.3 Å². The highest BCUT2D eigenvalue weighted by atomic mass is 19.4. The molecule has 1 amide bonds. The van der Waals surface area contributed by atoms with E-state index in [4.69, 9.17) is 4.74 Å². The first-order valence-electron chi connectivity index (χ1n) is 6.11. The minimum atomic E-state index is -4.44. The van der Waals surface area contributed by atoms with Gasteiger partial charge >= 0.3 is 6.18 Å². The number of ether oxygens (including phenoxy) is 1. The molecule has 20 heavy (non-hydrogen) atoms. The number of rotatable bonds is 3. The third-order valence-corrected chi connectivity index (χ3v) is 2.48. The maximum absolute atomic E-state index is 12.6. The standard InChI is InChI=1S/C14H18F3NO2/c1-9-5-6-10(14(15,16)17)7-11(9)18-12(19)8-20-13(2,3)4/h5-7H,8H2,1-4H3,(H,18,19). The summed E-state index contributed by atoms with van der Waals surface area (Å²) in [4.78, 5) is 11.7. The van der Waals surface area contributed by atoms with Gasteiger partial charge in [-0.05, 0) is 45.4 Å². The zero-order valence-electron chi connectivity index (χ0n) is 11.9. The number of amides is 1. The van der Waals surface area contributed by atoms with Crippen LogP contribution in [0.5, 0.6) is 0 Å². The smallest absolute Gasteiger partial charge is 0.366 e. The van der Waals surface area contributed by atoms with E-state index < -0.39 is 23.2 Å². The molecular formula is C14H18F3NO2. The summed E-state index contributed by atoms with van der Waals surface area (Å²) in [5, 5.41) is 2.43. The molecule has 1 aromatic carbocycles. The summed E-state index contributed by atoms with van der Waals surface area (Å²) in [5.41, 5.74) is -0.584. The van der Waals surface area contributed by atoms with Gasteiger partial charge in [-0.3, -0.25) is 4.79 Å². The highest BCUT2D eigenvalue weighted by Crippen LogP contribution is 2.32. The molecule has 1 rings (SSSR count). The second-order valence-electron chi connectivity index (χ2n) is 5.48. The Morgan fingerprint density at radius 2 is 1.85 bits per heavy atom. The number of halogens is 3. The van der Waals surface area contributed by atoms with E-state index in [0.717, 1.165) is 12.1 Å². The summed E-state index contributed by atoms with van der Waals surface area (Å²) in [5.74, 6) is -0.484. The van der Waals surface area contributed by atoms with Gasteiger partial charge in [-0.25, -0.2) is 0 Å². The Balaban J connectivity index is 2.79. The summed E-state index contributed by atoms with van der Waals surface area (Å²) >= 11 is 0. The van der Waals surface area contributed by atoms with Crippen molar-refractivity contribution >= 4 is 11.6 Å². The first kappa shape index (κ1) is 16.5. The van der Waals surface area contributed by atoms with Gasteiger partial charge in [-0.2, -0.15) is 13.2 Å². The quantitative estimate of drug-likeness (QED) is 0.920. The lowest BCUT2D eigenvalue weighted by Gasteiger charge is -2.19. The van der Waals surface area contributed by atoms with Crippen LogP contribution in [0, 0.1) is 6.92 Å². The van der Waals surface area contributed by atoms with Gasteiger partial charge in [0.05, 0.1) is 11.2 Å². The van der Waals surface area contributed by atoms with E-state index >= 15 is 0 Å². The molecule has 0 unspecified atom stereocenters. The molecule has 1 N–H and O–H groups in total. The molecule has 0 saturated heterocycles. The molecule has 1 aromatic rings. The lowest BCUT2D eigenvalue weighted by atomic mass is 10.1. The fourth-order valence-corrected chi connectivity index (χ4v) is 1.40. The molecule has 0 spiro atoms. The lowest BCUT2D eigenvalue weighted by Crippen LogP contribution is -2.27. The molecule has 3 nitrogen and oxygen atoms in total. The average Bonchev–Trinajstić information content (AvgIpc) is 2.27. The Labute approximate surface area is 116 Å². The van der Waals surface area contributed by atoms with Crippen molar-refractivity contribution < 1.29 is 22.7 Å². The van der Waals surface area contributed by atoms with Gasteiger partial charge in [0.15, 0.2) is 0 Å². The maximum atomic E-state index is 12.6. The van der Waals surface area contributed by atoms with Gasteiger partial charge < -0.3 is 10.1 Å². The van der Waals surface area contributed by atoms with Crippen molar-refractivity contribution in [1.29, 1.82) is 0 Å². The Hall–Kier alpha value is -1.56. The molecule has 0 aliphatic rings. The van der Waals surface area contributed by atoms with Crippen molar-refractivity contribution in [2.24, 2.45) is 0 Å². The lowest BCUT2D eigenvalue weighted by molar-refractivity contribution is -0.137. The van der Waals surface area contributed by atoms with Crippen LogP contribution in [-0.4, -0.2) is 18.1 Å². The molecule has 0 fully saturated rings. The Bertz CT molecular complexity index is 490. The first-order valence-corrected chi connectivity index (χ1v) is 6.11. The maximum Gasteiger partial charge on any atom is 0.416 e. The number of hydrogen-bond donors (Lipinski definition) is 1. The van der Waals surface area contributed by atoms with Crippen LogP contribution in [0.3, 0.4) is 0 Å². The fraction of sp³-hybridized carbons (Fsp3) is 0.500. The van der Waals surface area contributed by atoms with Gasteiger partial charge in [0.1, 0.15) is 6.61 Å². The van der Waals surface area contributed by atoms with E-state index in [1.165, 1.54) is 6.07 Å². The molecule has 112 valence electrons. The molecule has 0 saturated carbocycles. The highest BCUT2D eigenvalue weighted by Gasteiger charge is 2.30. The van der Waals surface area contributed by atoms with E-state index in [9.17, 15) is 18.0 Å². The van der Waals surface area contributed by atoms with Crippen LogP contribution >= 0.6 is 0 Å². The van der Waals surface area contributed by atoms with Gasteiger partial charge in [0.25, 0.3) is 0 Å². The minimum Gasteiger partial charge on any atom is -0.366 e. The van der Waals surface area contributed by atoms with E-state index in [2.05, 4.69) is 5.32 Å². The second-order valence-corrected chi connectivity index (χ2v) is 5.48. The number of carbonyl (C=O) groups is 1. The van der Waals surface area contributed by atoms with Crippen LogP contribution in [-0.2, 0) is 15.7 Å². The Morgan fingerprint density at radius 1 is 1.25 bits per heavy atom. The zero-order valence-corrected chi connectivity index (χ0v) is 11.9. The summed E-state index contributed by atoms with van der Waals surface area (Å²) in [6.07, 6.45) is -4.44. The molecule has 0 atom stereocenters. The molecule has 0 aromatic heterocycles. The third-order valence-electron chi connectivity index (χ3n) is 2.48. The van der Waals surface area contributed by atoms with E-state index in [-0.39, 0.29) is 12.3 Å². The number of nitrogens with one attached hydrogen (secondary N) is 1. The normalized spacial score (nSPS) is 12.3. The molecule has 0 aliphatic carbocycles. The topological polar surface area (TPSA) is 38.3 Å². The number of aryl methyl sites for hydroxylation is 1. The Kier molecular flexibility index (Phi) is 4.81. The van der Waals surface area contributed by atoms with E-state index in [1.54, 1.807) is 27.7 Å². The summed E-state index contributed by atoms with van der Waals surface area (Å²) in [7, 11) is 0. The van der Waals surface area contributed by atoms with Crippen molar-refractivity contribution in [2.45, 2.75) is 39.5 Å². The predicted octanol–water partition coefficient (Wildman–Crippen LogP) is 3.77. The van der Waals surface area contributed by atoms with E-state index in [1.807, 2.05) is 0 Å². The van der Waals surface area contributed by atoms with Gasteiger partial charge in [-0.1, -0.05) is 6.07 Å². The number of alkyl halides is 3. The summed E-state index contributed by atoms with van der Waals surface area (Å²) in [6.45, 7) is 6.78. The molecule has 0 heterocycles. The van der Waals surface area contributed by atoms with Gasteiger partial charge in [0.2, 0.25) is 5.91 Å². The highest BCUT2D eigenvalue weighted by molar-refractivity contribution is 5.92. The van der Waals surface area contributed by atoms with Crippen LogP contribution in [0.2, 0.25) is 0 Å². The SMILES string of the molecule is Cc1ccc(C(F)(F)F)cc1NC(=O)COC(C)(C)C. The largest absolute Gasteiger partial charge is 0.416 e. The fourth-order valence-electron chi connectivity index (χ4n) is 1.40. The molecular weight excluding hydrogens is 271 g/mol. The second kappa shape index (κ2) is 5.83. The van der Waals surface area contributed by atoms with Crippen LogP contribution in [0.4, 0.5) is 18.9 Å². The van der Waals surface area contributed by atoms with E-state index in [0.29, 0.717) is 5.56 Å². The van der Waals surface area contributed by atoms with Crippen molar-refractivity contribution in [1.82, 2.24) is 0 Å². The van der Waals surface area contributed by atoms with Gasteiger partial charge in [0, 0.05) is 5.69 Å². The zero-order chi connectivity index (χ0) is 15.6. The number of anilines is 1. The number of benzene rings is 1. The molecule has 6 heteroatoms. The summed E-state index contributed by atoms with van der Waals surface area (Å²) in [6, 6.07) is 3.23. The minimum absolute atomic E-state index is 0.141. The molecule has 0 aliphatic heterocycles. The number of carbonyl (C=O) groups excluding carboxylic acids is 1. The number of hydrogen-bond acceptors (Lipinski definition) is 2. The average molecular weight is 289 g/mol. The van der Waals surface area contributed by atoms with Crippen molar-refractivity contribution in [3.8, 4) is 0 Å². The third kappa shape index (κ3) is 5.21. The Morgan fingerprint density at radius 3 is 2.35 bits per heavy atom. The predicted molar refractivity (Wildman–Crippen MR) is 70.5 cm³/mol. The van der Waals surface area contributed by atoms with Crippen LogP contribution in [0.1, 0.15) is 31.9 Å². The van der Waals surface area contributed by atoms with Crippen molar-refractivity contribution in [3.63, 3.8) is 0 Å². The van der Waals surface area contributed by atoms with Crippen LogP contribution < -0.4 is 5.32 Å². The van der Waals surface area contributed by atoms with Crippen LogP contribution in [0.25, 0.3) is 0 Å². The summed E-state index contributed by atoms with van der Waals surface area (Å²) < 4.78 is 43.1. The first-order chi connectivity index (χ1) is 8.99. The molecule has 0 bridgehead atoms. The van der Waals surface area contributed by atoms with Crippen LogP contribution in [0.15, 0.2) is 18.2 Å². The molecule has 0 radical (unpaired) electrons. The van der Waals surface area contributed by atoms with Gasteiger partial charge in [-0.15, -0.1) is 0 Å².